The summed E-state index contributed by atoms with van der Waals surface area (Å²) >= 11 is 0. The van der Waals surface area contributed by atoms with Crippen LogP contribution in [0, 0.1) is 12.7 Å². The fourth-order valence-corrected chi connectivity index (χ4v) is 3.08. The number of morpholine rings is 1. The molecule has 2 N–H and O–H groups in total. The number of nitrogens with zero attached hydrogens (tertiary/aromatic N) is 1. The van der Waals surface area contributed by atoms with Crippen LogP contribution in [0.15, 0.2) is 42.5 Å². The number of nitrogens with one attached hydrogen (secondary N) is 2. The summed E-state index contributed by atoms with van der Waals surface area (Å²) in [5.41, 5.74) is 2.84. The molecule has 0 radical (unpaired) electrons. The van der Waals surface area contributed by atoms with E-state index < -0.39 is 0 Å². The summed E-state index contributed by atoms with van der Waals surface area (Å²) in [5, 5.41) is 5.58. The average Bonchev–Trinajstić information content (AvgIpc) is 2.71. The van der Waals surface area contributed by atoms with Gasteiger partial charge in [-0.15, -0.1) is 0 Å². The minimum absolute atomic E-state index is 0.0545. The third-order valence-electron chi connectivity index (χ3n) is 4.72. The summed E-state index contributed by atoms with van der Waals surface area (Å²) in [4.78, 5) is 26.7. The average molecular weight is 385 g/mol. The van der Waals surface area contributed by atoms with Crippen molar-refractivity contribution in [3.8, 4) is 0 Å². The highest BCUT2D eigenvalue weighted by Crippen LogP contribution is 2.21. The van der Waals surface area contributed by atoms with Gasteiger partial charge in [-0.05, 0) is 48.7 Å². The number of rotatable bonds is 5. The van der Waals surface area contributed by atoms with Crippen molar-refractivity contribution in [1.82, 2.24) is 10.2 Å². The zero-order chi connectivity index (χ0) is 19.9. The largest absolute Gasteiger partial charge is 0.378 e. The maximum atomic E-state index is 12.9. The second kappa shape index (κ2) is 9.32. The van der Waals surface area contributed by atoms with Gasteiger partial charge in [0.05, 0.1) is 13.2 Å². The van der Waals surface area contributed by atoms with Gasteiger partial charge in [0, 0.05) is 30.9 Å². The monoisotopic (exact) mass is 385 g/mol. The van der Waals surface area contributed by atoms with E-state index in [1.165, 1.54) is 12.1 Å². The quantitative estimate of drug-likeness (QED) is 0.831. The van der Waals surface area contributed by atoms with Gasteiger partial charge in [-0.2, -0.15) is 0 Å². The molecule has 3 amide bonds. The van der Waals surface area contributed by atoms with E-state index in [-0.39, 0.29) is 17.8 Å². The molecule has 0 atom stereocenters. The van der Waals surface area contributed by atoms with Crippen molar-refractivity contribution in [2.75, 3.05) is 38.2 Å². The highest BCUT2D eigenvalue weighted by Gasteiger charge is 2.21. The van der Waals surface area contributed by atoms with Crippen molar-refractivity contribution in [3.05, 3.63) is 65.0 Å². The fourth-order valence-electron chi connectivity index (χ4n) is 3.08. The molecule has 1 heterocycles. The summed E-state index contributed by atoms with van der Waals surface area (Å²) in [6.45, 7) is 4.46. The molecule has 2 aromatic rings. The lowest BCUT2D eigenvalue weighted by Gasteiger charge is -2.27. The Morgan fingerprint density at radius 1 is 1.11 bits per heavy atom. The first-order chi connectivity index (χ1) is 13.5. The van der Waals surface area contributed by atoms with Crippen LogP contribution < -0.4 is 10.6 Å². The third kappa shape index (κ3) is 5.07. The number of halogens is 1. The summed E-state index contributed by atoms with van der Waals surface area (Å²) < 4.78 is 18.2. The first kappa shape index (κ1) is 19.8. The zero-order valence-corrected chi connectivity index (χ0v) is 15.8. The Morgan fingerprint density at radius 2 is 1.82 bits per heavy atom. The van der Waals surface area contributed by atoms with Crippen LogP contribution in [-0.4, -0.2) is 49.7 Å². The third-order valence-corrected chi connectivity index (χ3v) is 4.72. The number of hydrogen-bond donors (Lipinski definition) is 2. The van der Waals surface area contributed by atoms with Gasteiger partial charge < -0.3 is 20.3 Å². The molecule has 7 heteroatoms. The van der Waals surface area contributed by atoms with Crippen LogP contribution in [0.3, 0.4) is 0 Å². The summed E-state index contributed by atoms with van der Waals surface area (Å²) in [6, 6.07) is 11.1. The lowest BCUT2D eigenvalue weighted by Crippen LogP contribution is -2.41. The van der Waals surface area contributed by atoms with Crippen molar-refractivity contribution >= 4 is 17.6 Å². The van der Waals surface area contributed by atoms with E-state index in [4.69, 9.17) is 4.74 Å². The first-order valence-corrected chi connectivity index (χ1v) is 9.30. The highest BCUT2D eigenvalue weighted by molar-refractivity contribution is 5.99. The Morgan fingerprint density at radius 3 is 2.54 bits per heavy atom. The lowest BCUT2D eigenvalue weighted by atomic mass is 10.1. The molecule has 1 aliphatic rings. The van der Waals surface area contributed by atoms with E-state index in [0.717, 1.165) is 11.1 Å². The van der Waals surface area contributed by atoms with Crippen LogP contribution in [0.4, 0.5) is 14.9 Å². The standard InChI is InChI=1S/C21H24FN3O3/c1-15-18(20(26)25-11-13-28-14-12-25)3-2-4-19(15)24-21(27)23-10-9-16-5-7-17(22)8-6-16/h2-8H,9-14H2,1H3,(H2,23,24,27). The smallest absolute Gasteiger partial charge is 0.319 e. The number of anilines is 1. The topological polar surface area (TPSA) is 70.7 Å². The normalized spacial score (nSPS) is 13.9. The zero-order valence-electron chi connectivity index (χ0n) is 15.8. The molecular weight excluding hydrogens is 361 g/mol. The van der Waals surface area contributed by atoms with Crippen LogP contribution in [0.5, 0.6) is 0 Å². The molecule has 0 aromatic heterocycles. The summed E-state index contributed by atoms with van der Waals surface area (Å²) in [6.07, 6.45) is 0.599. The SMILES string of the molecule is Cc1c(NC(=O)NCCc2ccc(F)cc2)cccc1C(=O)N1CCOCC1. The van der Waals surface area contributed by atoms with E-state index in [0.29, 0.717) is 50.5 Å². The minimum Gasteiger partial charge on any atom is -0.378 e. The molecule has 0 bridgehead atoms. The summed E-state index contributed by atoms with van der Waals surface area (Å²) in [7, 11) is 0. The van der Waals surface area contributed by atoms with E-state index in [9.17, 15) is 14.0 Å². The number of carbonyl (C=O) groups excluding carboxylic acids is 2. The Balaban J connectivity index is 1.56. The van der Waals surface area contributed by atoms with E-state index in [1.54, 1.807) is 35.2 Å². The van der Waals surface area contributed by atoms with Crippen LogP contribution in [0.1, 0.15) is 21.5 Å². The van der Waals surface area contributed by atoms with E-state index in [1.807, 2.05) is 6.92 Å². The first-order valence-electron chi connectivity index (χ1n) is 9.30. The number of ether oxygens (including phenoxy) is 1. The molecular formula is C21H24FN3O3. The van der Waals surface area contributed by atoms with Crippen LogP contribution in [-0.2, 0) is 11.2 Å². The molecule has 1 fully saturated rings. The Labute approximate surface area is 163 Å². The van der Waals surface area contributed by atoms with E-state index >= 15 is 0 Å². The Bertz CT molecular complexity index is 833. The molecule has 2 aromatic carbocycles. The van der Waals surface area contributed by atoms with Gasteiger partial charge in [0.25, 0.3) is 5.91 Å². The maximum absolute atomic E-state index is 12.9. The maximum Gasteiger partial charge on any atom is 0.319 e. The molecule has 0 aliphatic carbocycles. The molecule has 6 nitrogen and oxygen atoms in total. The fraction of sp³-hybridized carbons (Fsp3) is 0.333. The van der Waals surface area contributed by atoms with Crippen LogP contribution in [0.25, 0.3) is 0 Å². The van der Waals surface area contributed by atoms with Gasteiger partial charge in [0.15, 0.2) is 0 Å². The number of carbonyl (C=O) groups is 2. The van der Waals surface area contributed by atoms with Crippen molar-refractivity contribution < 1.29 is 18.7 Å². The van der Waals surface area contributed by atoms with E-state index in [2.05, 4.69) is 10.6 Å². The molecule has 148 valence electrons. The molecule has 1 aliphatic heterocycles. The van der Waals surface area contributed by atoms with Gasteiger partial charge in [0.2, 0.25) is 0 Å². The molecule has 3 rings (SSSR count). The number of benzene rings is 2. The minimum atomic E-state index is -0.346. The Hall–Kier alpha value is -2.93. The molecule has 0 spiro atoms. The molecule has 28 heavy (non-hydrogen) atoms. The second-order valence-electron chi connectivity index (χ2n) is 6.64. The van der Waals surface area contributed by atoms with Gasteiger partial charge in [-0.25, -0.2) is 9.18 Å². The van der Waals surface area contributed by atoms with Gasteiger partial charge in [0.1, 0.15) is 5.82 Å². The van der Waals surface area contributed by atoms with Crippen molar-refractivity contribution in [3.63, 3.8) is 0 Å². The second-order valence-corrected chi connectivity index (χ2v) is 6.64. The molecule has 0 saturated carbocycles. The predicted octanol–water partition coefficient (Wildman–Crippen LogP) is 2.97. The van der Waals surface area contributed by atoms with Crippen molar-refractivity contribution in [2.24, 2.45) is 0 Å². The summed E-state index contributed by atoms with van der Waals surface area (Å²) in [5.74, 6) is -0.336. The number of amides is 3. The highest BCUT2D eigenvalue weighted by atomic mass is 19.1. The van der Waals surface area contributed by atoms with Crippen LogP contribution >= 0.6 is 0 Å². The number of urea groups is 1. The predicted molar refractivity (Wildman–Crippen MR) is 105 cm³/mol. The van der Waals surface area contributed by atoms with Gasteiger partial charge in [-0.1, -0.05) is 18.2 Å². The van der Waals surface area contributed by atoms with Crippen molar-refractivity contribution in [1.29, 1.82) is 0 Å². The van der Waals surface area contributed by atoms with Gasteiger partial charge in [-0.3, -0.25) is 4.79 Å². The van der Waals surface area contributed by atoms with Crippen LogP contribution in [0.2, 0.25) is 0 Å². The number of hydrogen-bond acceptors (Lipinski definition) is 3. The molecule has 1 saturated heterocycles. The Kier molecular flexibility index (Phi) is 6.60. The van der Waals surface area contributed by atoms with Gasteiger partial charge >= 0.3 is 6.03 Å². The lowest BCUT2D eigenvalue weighted by molar-refractivity contribution is 0.0302. The van der Waals surface area contributed by atoms with Crippen molar-refractivity contribution in [2.45, 2.75) is 13.3 Å². The molecule has 0 unspecified atom stereocenters.